The van der Waals surface area contributed by atoms with Gasteiger partial charge >= 0.3 is 0 Å². The Kier molecular flexibility index (Phi) is 4.42. The maximum atomic E-state index is 12.5. The molecule has 1 saturated heterocycles. The Balaban J connectivity index is 1.53. The number of hydrogen-bond donors (Lipinski definition) is 0. The van der Waals surface area contributed by atoms with Gasteiger partial charge in [-0.1, -0.05) is 19.1 Å². The Morgan fingerprint density at radius 1 is 1.41 bits per heavy atom. The van der Waals surface area contributed by atoms with Crippen molar-refractivity contribution in [3.63, 3.8) is 0 Å². The Hall–Kier alpha value is -1.51. The van der Waals surface area contributed by atoms with E-state index < -0.39 is 0 Å². The molecule has 3 rings (SSSR count). The average molecular weight is 301 g/mol. The van der Waals surface area contributed by atoms with Gasteiger partial charge in [0.25, 0.3) is 0 Å². The first-order chi connectivity index (χ1) is 10.6. The summed E-state index contributed by atoms with van der Waals surface area (Å²) in [5.74, 6) is 1.98. The van der Waals surface area contributed by atoms with Gasteiger partial charge in [-0.2, -0.15) is 0 Å². The Bertz CT molecular complexity index is 536. The molecule has 22 heavy (non-hydrogen) atoms. The summed E-state index contributed by atoms with van der Waals surface area (Å²) in [6.45, 7) is 4.04. The summed E-state index contributed by atoms with van der Waals surface area (Å²) < 4.78 is 5.29. The largest absolute Gasteiger partial charge is 0.497 e. The fourth-order valence-corrected chi connectivity index (χ4v) is 3.47. The highest BCUT2D eigenvalue weighted by Gasteiger charge is 2.47. The molecule has 1 heterocycles. The van der Waals surface area contributed by atoms with Gasteiger partial charge in [-0.15, -0.1) is 0 Å². The predicted molar refractivity (Wildman–Crippen MR) is 88.0 cm³/mol. The van der Waals surface area contributed by atoms with Crippen LogP contribution in [0.15, 0.2) is 24.3 Å². The van der Waals surface area contributed by atoms with Crippen LogP contribution >= 0.6 is 0 Å². The zero-order valence-electron chi connectivity index (χ0n) is 13.8. The molecule has 1 aliphatic carbocycles. The van der Waals surface area contributed by atoms with E-state index in [0.717, 1.165) is 50.9 Å². The standard InChI is InChI=1S/C19H27NO2/c1-19(10-11-19)18(21)20-12-4-6-16(14-20)9-8-15-5-3-7-17(13-15)22-2/h3,5,7,13,16H,4,6,8-12,14H2,1-2H3/t16-/m1/s1. The molecule has 1 saturated carbocycles. The van der Waals surface area contributed by atoms with Crippen molar-refractivity contribution in [3.8, 4) is 5.75 Å². The van der Waals surface area contributed by atoms with Crippen LogP contribution in [0.25, 0.3) is 0 Å². The van der Waals surface area contributed by atoms with Crippen LogP contribution in [0.3, 0.4) is 0 Å². The minimum atomic E-state index is -0.0192. The lowest BCUT2D eigenvalue weighted by Crippen LogP contribution is -2.43. The molecule has 0 bridgehead atoms. The number of methoxy groups -OCH3 is 1. The summed E-state index contributed by atoms with van der Waals surface area (Å²) in [6.07, 6.45) is 6.80. The van der Waals surface area contributed by atoms with E-state index in [0.29, 0.717) is 11.8 Å². The second-order valence-corrected chi connectivity index (χ2v) is 7.21. The molecule has 2 aliphatic rings. The van der Waals surface area contributed by atoms with Crippen LogP contribution in [0.5, 0.6) is 5.75 Å². The number of likely N-dealkylation sites (tertiary alicyclic amines) is 1. The monoisotopic (exact) mass is 301 g/mol. The van der Waals surface area contributed by atoms with Crippen molar-refractivity contribution in [2.24, 2.45) is 11.3 Å². The quantitative estimate of drug-likeness (QED) is 0.830. The number of ether oxygens (including phenoxy) is 1. The molecule has 1 atom stereocenters. The van der Waals surface area contributed by atoms with Crippen LogP contribution < -0.4 is 4.74 Å². The molecule has 3 nitrogen and oxygen atoms in total. The molecular weight excluding hydrogens is 274 g/mol. The number of benzene rings is 1. The first-order valence-corrected chi connectivity index (χ1v) is 8.53. The summed E-state index contributed by atoms with van der Waals surface area (Å²) in [5.41, 5.74) is 1.31. The zero-order chi connectivity index (χ0) is 15.6. The average Bonchev–Trinajstić information content (AvgIpc) is 3.31. The topological polar surface area (TPSA) is 29.5 Å². The van der Waals surface area contributed by atoms with Gasteiger partial charge in [-0.3, -0.25) is 4.79 Å². The van der Waals surface area contributed by atoms with E-state index in [1.54, 1.807) is 7.11 Å². The number of amides is 1. The lowest BCUT2D eigenvalue weighted by molar-refractivity contribution is -0.138. The van der Waals surface area contributed by atoms with Gasteiger partial charge < -0.3 is 9.64 Å². The lowest BCUT2D eigenvalue weighted by atomic mass is 9.90. The van der Waals surface area contributed by atoms with Crippen LogP contribution in [-0.2, 0) is 11.2 Å². The second kappa shape index (κ2) is 6.31. The highest BCUT2D eigenvalue weighted by molar-refractivity contribution is 5.85. The van der Waals surface area contributed by atoms with E-state index >= 15 is 0 Å². The van der Waals surface area contributed by atoms with Gasteiger partial charge in [0.2, 0.25) is 5.91 Å². The predicted octanol–water partition coefficient (Wildman–Crippen LogP) is 3.67. The van der Waals surface area contributed by atoms with Crippen molar-refractivity contribution in [1.82, 2.24) is 4.90 Å². The van der Waals surface area contributed by atoms with E-state index in [1.807, 2.05) is 6.07 Å². The molecule has 120 valence electrons. The summed E-state index contributed by atoms with van der Waals surface area (Å²) in [6, 6.07) is 8.33. The molecular formula is C19H27NO2. The number of hydrogen-bond acceptors (Lipinski definition) is 2. The number of rotatable bonds is 5. The third-order valence-corrected chi connectivity index (χ3v) is 5.30. The van der Waals surface area contributed by atoms with Crippen molar-refractivity contribution >= 4 is 5.91 Å². The molecule has 1 aromatic rings. The molecule has 3 heteroatoms. The van der Waals surface area contributed by atoms with Crippen molar-refractivity contribution in [1.29, 1.82) is 0 Å². The van der Waals surface area contributed by atoms with Crippen LogP contribution in [0.4, 0.5) is 0 Å². The smallest absolute Gasteiger partial charge is 0.228 e. The first kappa shape index (κ1) is 15.4. The minimum Gasteiger partial charge on any atom is -0.497 e. The summed E-state index contributed by atoms with van der Waals surface area (Å²) >= 11 is 0. The van der Waals surface area contributed by atoms with Gasteiger partial charge in [0.15, 0.2) is 0 Å². The van der Waals surface area contributed by atoms with Crippen LogP contribution in [0.2, 0.25) is 0 Å². The highest BCUT2D eigenvalue weighted by Crippen LogP contribution is 2.47. The minimum absolute atomic E-state index is 0.0192. The van der Waals surface area contributed by atoms with Crippen LogP contribution in [0.1, 0.15) is 44.6 Å². The van der Waals surface area contributed by atoms with Crippen molar-refractivity contribution < 1.29 is 9.53 Å². The number of piperidine rings is 1. The van der Waals surface area contributed by atoms with Gasteiger partial charge in [0.1, 0.15) is 5.75 Å². The third kappa shape index (κ3) is 3.45. The number of aryl methyl sites for hydroxylation is 1. The second-order valence-electron chi connectivity index (χ2n) is 7.21. The molecule has 1 amide bonds. The van der Waals surface area contributed by atoms with Gasteiger partial charge in [0, 0.05) is 18.5 Å². The Labute approximate surface area is 133 Å². The summed E-state index contributed by atoms with van der Waals surface area (Å²) in [7, 11) is 1.71. The van der Waals surface area contributed by atoms with Gasteiger partial charge in [-0.25, -0.2) is 0 Å². The first-order valence-electron chi connectivity index (χ1n) is 8.53. The van der Waals surface area contributed by atoms with E-state index in [-0.39, 0.29) is 5.41 Å². The number of carbonyl (C=O) groups excluding carboxylic acids is 1. The van der Waals surface area contributed by atoms with Gasteiger partial charge in [0.05, 0.1) is 7.11 Å². The highest BCUT2D eigenvalue weighted by atomic mass is 16.5. The van der Waals surface area contributed by atoms with E-state index in [2.05, 4.69) is 30.0 Å². The molecule has 1 aliphatic heterocycles. The molecule has 2 fully saturated rings. The summed E-state index contributed by atoms with van der Waals surface area (Å²) in [4.78, 5) is 14.6. The zero-order valence-corrected chi connectivity index (χ0v) is 13.8. The summed E-state index contributed by atoms with van der Waals surface area (Å²) in [5, 5.41) is 0. The molecule has 0 spiro atoms. The SMILES string of the molecule is COc1cccc(CC[C@H]2CCCN(C(=O)C3(C)CC3)C2)c1. The number of nitrogens with zero attached hydrogens (tertiary/aromatic N) is 1. The Morgan fingerprint density at radius 3 is 2.95 bits per heavy atom. The van der Waals surface area contributed by atoms with Crippen molar-refractivity contribution in [2.45, 2.75) is 45.4 Å². The fraction of sp³-hybridized carbons (Fsp3) is 0.632. The normalized spacial score (nSPS) is 23.2. The van der Waals surface area contributed by atoms with Crippen molar-refractivity contribution in [2.75, 3.05) is 20.2 Å². The maximum absolute atomic E-state index is 12.5. The molecule has 0 aromatic heterocycles. The number of carbonyl (C=O) groups is 1. The fourth-order valence-electron chi connectivity index (χ4n) is 3.47. The molecule has 0 unspecified atom stereocenters. The lowest BCUT2D eigenvalue weighted by Gasteiger charge is -2.34. The van der Waals surface area contributed by atoms with E-state index in [9.17, 15) is 4.79 Å². The Morgan fingerprint density at radius 2 is 2.23 bits per heavy atom. The maximum Gasteiger partial charge on any atom is 0.228 e. The van der Waals surface area contributed by atoms with Gasteiger partial charge in [-0.05, 0) is 62.1 Å². The molecule has 0 radical (unpaired) electrons. The van der Waals surface area contributed by atoms with Crippen LogP contribution in [-0.4, -0.2) is 31.0 Å². The third-order valence-electron chi connectivity index (χ3n) is 5.30. The molecule has 0 N–H and O–H groups in total. The van der Waals surface area contributed by atoms with E-state index in [4.69, 9.17) is 4.74 Å². The molecule has 1 aromatic carbocycles. The van der Waals surface area contributed by atoms with E-state index in [1.165, 1.54) is 12.0 Å². The van der Waals surface area contributed by atoms with Crippen molar-refractivity contribution in [3.05, 3.63) is 29.8 Å². The van der Waals surface area contributed by atoms with Crippen LogP contribution in [0, 0.1) is 11.3 Å².